The van der Waals surface area contributed by atoms with Crippen LogP contribution in [0.1, 0.15) is 28.3 Å². The van der Waals surface area contributed by atoms with Crippen molar-refractivity contribution in [3.63, 3.8) is 0 Å². The van der Waals surface area contributed by atoms with Gasteiger partial charge in [0.2, 0.25) is 0 Å². The van der Waals surface area contributed by atoms with Gasteiger partial charge in [-0.05, 0) is 77.9 Å². The number of para-hydroxylation sites is 1. The number of halogens is 2. The van der Waals surface area contributed by atoms with Crippen LogP contribution in [-0.4, -0.2) is 0 Å². The van der Waals surface area contributed by atoms with Gasteiger partial charge in [0.1, 0.15) is 0 Å². The monoisotopic (exact) mass is 466 g/mol. The summed E-state index contributed by atoms with van der Waals surface area (Å²) in [5.74, 6) is 6.40. The van der Waals surface area contributed by atoms with Gasteiger partial charge in [-0.15, -0.1) is 0 Å². The molecule has 4 aromatic rings. The minimum absolute atomic E-state index is 0.0190. The Labute approximate surface area is 204 Å². The zero-order valence-electron chi connectivity index (χ0n) is 17.7. The van der Waals surface area contributed by atoms with Gasteiger partial charge >= 0.3 is 0 Å². The van der Waals surface area contributed by atoms with Gasteiger partial charge < -0.3 is 0 Å². The molecule has 33 heavy (non-hydrogen) atoms. The van der Waals surface area contributed by atoms with Gasteiger partial charge in [0.25, 0.3) is 0 Å². The molecule has 1 heterocycles. The molecule has 2 nitrogen and oxygen atoms in total. The Kier molecular flexibility index (Phi) is 6.09. The quantitative estimate of drug-likeness (QED) is 0.314. The number of hydrogen-bond donors (Lipinski definition) is 1. The predicted molar refractivity (Wildman–Crippen MR) is 138 cm³/mol. The first kappa shape index (κ1) is 21.2. The van der Waals surface area contributed by atoms with Gasteiger partial charge in [-0.2, -0.15) is 0 Å². The molecule has 0 amide bonds. The van der Waals surface area contributed by atoms with E-state index in [4.69, 9.17) is 23.2 Å². The van der Waals surface area contributed by atoms with Crippen molar-refractivity contribution in [3.05, 3.63) is 142 Å². The first-order chi connectivity index (χ1) is 16.2. The van der Waals surface area contributed by atoms with Crippen LogP contribution in [0, 0.1) is 11.8 Å². The van der Waals surface area contributed by atoms with E-state index in [9.17, 15) is 0 Å². The minimum Gasteiger partial charge on any atom is -0.297 e. The molecule has 4 aromatic carbocycles. The second-order valence-corrected chi connectivity index (χ2v) is 8.60. The van der Waals surface area contributed by atoms with E-state index in [1.165, 1.54) is 0 Å². The Morgan fingerprint density at radius 3 is 2.00 bits per heavy atom. The lowest BCUT2D eigenvalue weighted by Gasteiger charge is -2.27. The van der Waals surface area contributed by atoms with E-state index >= 15 is 0 Å². The van der Waals surface area contributed by atoms with Crippen LogP contribution in [0.15, 0.2) is 109 Å². The van der Waals surface area contributed by atoms with Crippen molar-refractivity contribution in [2.24, 2.45) is 0 Å². The number of rotatable bonds is 3. The molecule has 1 N–H and O–H groups in total. The van der Waals surface area contributed by atoms with Crippen LogP contribution in [-0.2, 0) is 0 Å². The minimum atomic E-state index is 0.0190. The van der Waals surface area contributed by atoms with Crippen LogP contribution in [0.25, 0.3) is 5.70 Å². The van der Waals surface area contributed by atoms with Gasteiger partial charge in [0.05, 0.1) is 17.4 Å². The van der Waals surface area contributed by atoms with E-state index in [1.807, 2.05) is 72.8 Å². The van der Waals surface area contributed by atoms with E-state index in [0.29, 0.717) is 5.02 Å². The van der Waals surface area contributed by atoms with Crippen molar-refractivity contribution < 1.29 is 0 Å². The fourth-order valence-corrected chi connectivity index (χ4v) is 4.11. The third-order valence-corrected chi connectivity index (χ3v) is 5.95. The smallest absolute Gasteiger partial charge is 0.0958 e. The summed E-state index contributed by atoms with van der Waals surface area (Å²) in [6.07, 6.45) is 2.23. The van der Waals surface area contributed by atoms with E-state index in [-0.39, 0.29) is 6.04 Å². The maximum atomic E-state index is 6.29. The van der Waals surface area contributed by atoms with Gasteiger partial charge in [0, 0.05) is 21.2 Å². The first-order valence-electron chi connectivity index (χ1n) is 10.6. The highest BCUT2D eigenvalue weighted by molar-refractivity contribution is 6.30. The second-order valence-electron chi connectivity index (χ2n) is 7.73. The summed E-state index contributed by atoms with van der Waals surface area (Å²) < 4.78 is 0. The Hall–Kier alpha value is -3.64. The zero-order valence-corrected chi connectivity index (χ0v) is 19.2. The van der Waals surface area contributed by atoms with Gasteiger partial charge in [-0.1, -0.05) is 77.5 Å². The highest BCUT2D eigenvalue weighted by Crippen LogP contribution is 2.35. The normalized spacial score (nSPS) is 14.8. The third kappa shape index (κ3) is 4.91. The predicted octanol–water partition coefficient (Wildman–Crippen LogP) is 7.50. The van der Waals surface area contributed by atoms with Gasteiger partial charge in [-0.25, -0.2) is 0 Å². The number of anilines is 1. The van der Waals surface area contributed by atoms with Crippen molar-refractivity contribution >= 4 is 34.6 Å². The standard InChI is InChI=1S/C29H20Cl2N2/c30-25-17-13-22(14-18-25)10-9-21-11-15-23(16-12-21)28-20-29(24-5-4-6-26(31)19-24)33(32-28)27-7-2-1-3-8-27/h1-8,11-20,29,32H. The summed E-state index contributed by atoms with van der Waals surface area (Å²) in [6, 6.07) is 34.1. The van der Waals surface area contributed by atoms with Crippen molar-refractivity contribution in [3.8, 4) is 11.8 Å². The van der Waals surface area contributed by atoms with Crippen LogP contribution < -0.4 is 10.4 Å². The average molecular weight is 467 g/mol. The molecule has 0 fully saturated rings. The Bertz CT molecular complexity index is 1350. The summed E-state index contributed by atoms with van der Waals surface area (Å²) in [4.78, 5) is 0. The van der Waals surface area contributed by atoms with Crippen LogP contribution in [0.2, 0.25) is 10.0 Å². The molecule has 0 saturated heterocycles. The van der Waals surface area contributed by atoms with Gasteiger partial charge in [-0.3, -0.25) is 10.4 Å². The SMILES string of the molecule is Clc1ccc(C#Cc2ccc(C3=CC(c4cccc(Cl)c4)N(c4ccccc4)N3)cc2)cc1. The highest BCUT2D eigenvalue weighted by Gasteiger charge is 2.27. The van der Waals surface area contributed by atoms with Crippen LogP contribution in [0.5, 0.6) is 0 Å². The molecule has 0 saturated carbocycles. The molecule has 4 heteroatoms. The molecule has 0 aromatic heterocycles. The maximum absolute atomic E-state index is 6.29. The molecule has 1 aliphatic heterocycles. The van der Waals surface area contributed by atoms with E-state index in [0.717, 1.165) is 38.7 Å². The van der Waals surface area contributed by atoms with E-state index in [1.54, 1.807) is 0 Å². The fourth-order valence-electron chi connectivity index (χ4n) is 3.79. The Morgan fingerprint density at radius 1 is 0.667 bits per heavy atom. The molecule has 1 atom stereocenters. The van der Waals surface area contributed by atoms with Crippen LogP contribution in [0.3, 0.4) is 0 Å². The van der Waals surface area contributed by atoms with Crippen molar-refractivity contribution in [2.75, 3.05) is 5.01 Å². The summed E-state index contributed by atoms with van der Waals surface area (Å²) in [5, 5.41) is 3.60. The number of nitrogens with zero attached hydrogens (tertiary/aromatic N) is 1. The van der Waals surface area contributed by atoms with Crippen LogP contribution >= 0.6 is 23.2 Å². The van der Waals surface area contributed by atoms with Crippen molar-refractivity contribution in [1.29, 1.82) is 0 Å². The lowest BCUT2D eigenvalue weighted by molar-refractivity contribution is 0.724. The zero-order chi connectivity index (χ0) is 22.6. The Morgan fingerprint density at radius 2 is 1.33 bits per heavy atom. The summed E-state index contributed by atoms with van der Waals surface area (Å²) >= 11 is 12.2. The molecule has 1 unspecified atom stereocenters. The largest absolute Gasteiger partial charge is 0.297 e. The number of hydrogen-bond acceptors (Lipinski definition) is 2. The summed E-state index contributed by atoms with van der Waals surface area (Å²) in [6.45, 7) is 0. The molecule has 160 valence electrons. The molecule has 0 spiro atoms. The number of hydrazine groups is 1. The lowest BCUT2D eigenvalue weighted by atomic mass is 10.0. The molecule has 0 radical (unpaired) electrons. The fraction of sp³-hybridized carbons (Fsp3) is 0.0345. The third-order valence-electron chi connectivity index (χ3n) is 5.46. The molecule has 1 aliphatic rings. The second kappa shape index (κ2) is 9.46. The van der Waals surface area contributed by atoms with Gasteiger partial charge in [0.15, 0.2) is 0 Å². The van der Waals surface area contributed by atoms with E-state index in [2.05, 4.69) is 58.7 Å². The average Bonchev–Trinajstić information content (AvgIpc) is 3.30. The Balaban J connectivity index is 1.42. The maximum Gasteiger partial charge on any atom is 0.0958 e. The summed E-state index contributed by atoms with van der Waals surface area (Å²) in [7, 11) is 0. The molecule has 0 aliphatic carbocycles. The molecular weight excluding hydrogens is 447 g/mol. The first-order valence-corrected chi connectivity index (χ1v) is 11.4. The number of nitrogens with one attached hydrogen (secondary N) is 1. The van der Waals surface area contributed by atoms with Crippen molar-refractivity contribution in [2.45, 2.75) is 6.04 Å². The molecule has 0 bridgehead atoms. The topological polar surface area (TPSA) is 15.3 Å². The van der Waals surface area contributed by atoms with Crippen molar-refractivity contribution in [1.82, 2.24) is 5.43 Å². The molecular formula is C29H20Cl2N2. The number of benzene rings is 4. The van der Waals surface area contributed by atoms with E-state index < -0.39 is 0 Å². The highest BCUT2D eigenvalue weighted by atomic mass is 35.5. The molecule has 5 rings (SSSR count). The van der Waals surface area contributed by atoms with Crippen LogP contribution in [0.4, 0.5) is 5.69 Å². The lowest BCUT2D eigenvalue weighted by Crippen LogP contribution is -2.33. The summed E-state index contributed by atoms with van der Waals surface area (Å²) in [5.41, 5.74) is 9.82.